The van der Waals surface area contributed by atoms with Crippen molar-refractivity contribution >= 4 is 17.7 Å². The number of nitrogens with one attached hydrogen (secondary N) is 1. The summed E-state index contributed by atoms with van der Waals surface area (Å²) in [6, 6.07) is 8.72. The van der Waals surface area contributed by atoms with Crippen LogP contribution >= 0.6 is 11.8 Å². The van der Waals surface area contributed by atoms with Gasteiger partial charge in [0.15, 0.2) is 0 Å². The summed E-state index contributed by atoms with van der Waals surface area (Å²) in [5.74, 6) is 0.903. The minimum absolute atomic E-state index is 0.0239. The van der Waals surface area contributed by atoms with E-state index >= 15 is 0 Å². The Morgan fingerprint density at radius 1 is 1.33 bits per heavy atom. The summed E-state index contributed by atoms with van der Waals surface area (Å²) >= 11 is 1.38. The van der Waals surface area contributed by atoms with Crippen LogP contribution in [-0.4, -0.2) is 31.9 Å². The first kappa shape index (κ1) is 17.0. The van der Waals surface area contributed by atoms with E-state index in [2.05, 4.69) is 52.0 Å². The lowest BCUT2D eigenvalue weighted by atomic mass is 10.0. The number of thioether (sulfide) groups is 1. The maximum atomic E-state index is 12.4. The summed E-state index contributed by atoms with van der Waals surface area (Å²) in [5.41, 5.74) is 2.42. The van der Waals surface area contributed by atoms with Crippen LogP contribution < -0.4 is 5.32 Å². The standard InChI is InChI=1S/C17H23N5OS/c1-11(2)22-17(19-20-21-22)24-10-15(23)18-16(14-8-9-14)13-6-4-12(3)5-7-13/h4-7,11,14,16H,8-10H2,1-3H3,(H,18,23). The number of carbonyl (C=O) groups is 1. The van der Waals surface area contributed by atoms with Crippen LogP contribution in [0.2, 0.25) is 0 Å². The van der Waals surface area contributed by atoms with Crippen molar-refractivity contribution in [1.82, 2.24) is 25.5 Å². The molecular weight excluding hydrogens is 322 g/mol. The first-order valence-electron chi connectivity index (χ1n) is 8.31. The van der Waals surface area contributed by atoms with Crippen LogP contribution in [0.3, 0.4) is 0 Å². The Morgan fingerprint density at radius 2 is 2.04 bits per heavy atom. The van der Waals surface area contributed by atoms with Gasteiger partial charge in [-0.25, -0.2) is 4.68 Å². The summed E-state index contributed by atoms with van der Waals surface area (Å²) in [6.07, 6.45) is 2.36. The van der Waals surface area contributed by atoms with E-state index in [1.807, 2.05) is 13.8 Å². The Hall–Kier alpha value is -1.89. The molecule has 0 saturated heterocycles. The van der Waals surface area contributed by atoms with Crippen molar-refractivity contribution in [2.45, 2.75) is 50.9 Å². The number of aromatic nitrogens is 4. The molecule has 2 aromatic rings. The highest BCUT2D eigenvalue weighted by atomic mass is 32.2. The van der Waals surface area contributed by atoms with Crippen LogP contribution in [-0.2, 0) is 4.79 Å². The van der Waals surface area contributed by atoms with Gasteiger partial charge in [0, 0.05) is 0 Å². The van der Waals surface area contributed by atoms with Crippen molar-refractivity contribution in [3.8, 4) is 0 Å². The highest BCUT2D eigenvalue weighted by Gasteiger charge is 2.33. The maximum Gasteiger partial charge on any atom is 0.230 e. The molecule has 1 unspecified atom stereocenters. The van der Waals surface area contributed by atoms with E-state index in [4.69, 9.17) is 0 Å². The van der Waals surface area contributed by atoms with Gasteiger partial charge in [0.25, 0.3) is 0 Å². The predicted molar refractivity (Wildman–Crippen MR) is 93.7 cm³/mol. The van der Waals surface area contributed by atoms with Gasteiger partial charge in [0.2, 0.25) is 11.1 Å². The molecule has 0 bridgehead atoms. The quantitative estimate of drug-likeness (QED) is 0.781. The monoisotopic (exact) mass is 345 g/mol. The predicted octanol–water partition coefficient (Wildman–Crippen LogP) is 2.92. The first-order valence-corrected chi connectivity index (χ1v) is 9.29. The Morgan fingerprint density at radius 3 is 2.67 bits per heavy atom. The summed E-state index contributed by atoms with van der Waals surface area (Å²) in [6.45, 7) is 6.10. The third-order valence-electron chi connectivity index (χ3n) is 4.13. The average molecular weight is 345 g/mol. The Labute approximate surface area is 146 Å². The van der Waals surface area contributed by atoms with Crippen molar-refractivity contribution in [3.63, 3.8) is 0 Å². The molecule has 3 rings (SSSR count). The smallest absolute Gasteiger partial charge is 0.230 e. The van der Waals surface area contributed by atoms with E-state index in [-0.39, 0.29) is 18.0 Å². The molecule has 1 saturated carbocycles. The lowest BCUT2D eigenvalue weighted by Crippen LogP contribution is -2.31. The second kappa shape index (κ2) is 7.34. The highest BCUT2D eigenvalue weighted by molar-refractivity contribution is 7.99. The average Bonchev–Trinajstić information content (AvgIpc) is 3.28. The van der Waals surface area contributed by atoms with Crippen molar-refractivity contribution < 1.29 is 4.79 Å². The highest BCUT2D eigenvalue weighted by Crippen LogP contribution is 2.41. The van der Waals surface area contributed by atoms with E-state index in [0.29, 0.717) is 16.8 Å². The van der Waals surface area contributed by atoms with Gasteiger partial charge in [0.1, 0.15) is 0 Å². The van der Waals surface area contributed by atoms with Gasteiger partial charge in [-0.2, -0.15) is 0 Å². The minimum Gasteiger partial charge on any atom is -0.348 e. The molecule has 0 radical (unpaired) electrons. The Kier molecular flexibility index (Phi) is 5.18. The minimum atomic E-state index is 0.0239. The topological polar surface area (TPSA) is 72.7 Å². The summed E-state index contributed by atoms with van der Waals surface area (Å²) in [4.78, 5) is 12.4. The molecule has 128 valence electrons. The second-order valence-corrected chi connectivity index (χ2v) is 7.52. The number of amides is 1. The molecule has 1 atom stereocenters. The molecule has 1 amide bonds. The van der Waals surface area contributed by atoms with E-state index in [1.165, 1.54) is 35.7 Å². The van der Waals surface area contributed by atoms with Gasteiger partial charge in [-0.15, -0.1) is 5.10 Å². The van der Waals surface area contributed by atoms with Crippen LogP contribution in [0.4, 0.5) is 0 Å². The van der Waals surface area contributed by atoms with Crippen LogP contribution in [0.25, 0.3) is 0 Å². The van der Waals surface area contributed by atoms with E-state index in [1.54, 1.807) is 4.68 Å². The third-order valence-corrected chi connectivity index (χ3v) is 5.06. The first-order chi connectivity index (χ1) is 11.5. The van der Waals surface area contributed by atoms with Crippen molar-refractivity contribution in [2.75, 3.05) is 5.75 Å². The number of nitrogens with zero attached hydrogens (tertiary/aromatic N) is 4. The zero-order chi connectivity index (χ0) is 17.1. The zero-order valence-corrected chi connectivity index (χ0v) is 15.1. The number of carbonyl (C=O) groups excluding carboxylic acids is 1. The molecule has 1 heterocycles. The molecule has 0 spiro atoms. The molecule has 1 fully saturated rings. The summed E-state index contributed by atoms with van der Waals surface area (Å²) < 4.78 is 1.73. The fraction of sp³-hybridized carbons (Fsp3) is 0.529. The lowest BCUT2D eigenvalue weighted by molar-refractivity contribution is -0.119. The number of tetrazole rings is 1. The normalized spacial score (nSPS) is 15.5. The number of rotatable bonds is 7. The fourth-order valence-electron chi connectivity index (χ4n) is 2.63. The number of benzene rings is 1. The molecule has 6 nitrogen and oxygen atoms in total. The number of aryl methyl sites for hydroxylation is 1. The third kappa shape index (κ3) is 4.14. The summed E-state index contributed by atoms with van der Waals surface area (Å²) in [5, 5.41) is 15.5. The molecule has 1 aromatic heterocycles. The molecule has 0 aliphatic heterocycles. The fourth-order valence-corrected chi connectivity index (χ4v) is 3.44. The molecule has 1 aromatic carbocycles. The van der Waals surface area contributed by atoms with Gasteiger partial charge in [-0.1, -0.05) is 41.6 Å². The number of hydrogen-bond donors (Lipinski definition) is 1. The Balaban J connectivity index is 1.60. The number of hydrogen-bond acceptors (Lipinski definition) is 5. The molecular formula is C17H23N5OS. The van der Waals surface area contributed by atoms with Crippen LogP contribution in [0.1, 0.15) is 49.9 Å². The van der Waals surface area contributed by atoms with Gasteiger partial charge in [0.05, 0.1) is 17.8 Å². The van der Waals surface area contributed by atoms with E-state index < -0.39 is 0 Å². The van der Waals surface area contributed by atoms with Crippen LogP contribution in [0, 0.1) is 12.8 Å². The SMILES string of the molecule is Cc1ccc(C(NC(=O)CSc2nnnn2C(C)C)C2CC2)cc1. The lowest BCUT2D eigenvalue weighted by Gasteiger charge is -2.19. The Bertz CT molecular complexity index is 693. The van der Waals surface area contributed by atoms with Gasteiger partial charge >= 0.3 is 0 Å². The van der Waals surface area contributed by atoms with Crippen molar-refractivity contribution in [1.29, 1.82) is 0 Å². The summed E-state index contributed by atoms with van der Waals surface area (Å²) in [7, 11) is 0. The van der Waals surface area contributed by atoms with E-state index in [9.17, 15) is 4.79 Å². The largest absolute Gasteiger partial charge is 0.348 e. The van der Waals surface area contributed by atoms with E-state index in [0.717, 1.165) is 0 Å². The second-order valence-electron chi connectivity index (χ2n) is 6.58. The van der Waals surface area contributed by atoms with Gasteiger partial charge in [-0.05, 0) is 55.5 Å². The zero-order valence-electron chi connectivity index (χ0n) is 14.3. The van der Waals surface area contributed by atoms with Gasteiger partial charge < -0.3 is 5.32 Å². The molecule has 1 aliphatic rings. The maximum absolute atomic E-state index is 12.4. The molecule has 24 heavy (non-hydrogen) atoms. The molecule has 1 aliphatic carbocycles. The molecule has 7 heteroatoms. The van der Waals surface area contributed by atoms with Gasteiger partial charge in [-0.3, -0.25) is 4.79 Å². The van der Waals surface area contributed by atoms with Crippen LogP contribution in [0.5, 0.6) is 0 Å². The van der Waals surface area contributed by atoms with Crippen molar-refractivity contribution in [2.24, 2.45) is 5.92 Å². The van der Waals surface area contributed by atoms with Crippen molar-refractivity contribution in [3.05, 3.63) is 35.4 Å². The van der Waals surface area contributed by atoms with Crippen LogP contribution in [0.15, 0.2) is 29.4 Å². The molecule has 1 N–H and O–H groups in total.